The number of nitrogens with zero attached hydrogens (tertiary/aromatic N) is 1. The van der Waals surface area contributed by atoms with E-state index in [2.05, 4.69) is 5.32 Å². The number of ether oxygens (including phenoxy) is 3. The third-order valence-corrected chi connectivity index (χ3v) is 6.24. The Morgan fingerprint density at radius 2 is 1.47 bits per heavy atom. The second kappa shape index (κ2) is 14.1. The summed E-state index contributed by atoms with van der Waals surface area (Å²) in [7, 11) is 3.11. The summed E-state index contributed by atoms with van der Waals surface area (Å²) in [6.45, 7) is 6.64. The largest absolute Gasteiger partial charge is 0.496 e. The van der Waals surface area contributed by atoms with Crippen molar-refractivity contribution in [3.05, 3.63) is 89.5 Å². The van der Waals surface area contributed by atoms with Crippen LogP contribution in [0.5, 0.6) is 17.2 Å². The maximum Gasteiger partial charge on any atom is 0.261 e. The van der Waals surface area contributed by atoms with E-state index in [1.165, 1.54) is 0 Å². The smallest absolute Gasteiger partial charge is 0.261 e. The molecule has 3 aromatic carbocycles. The van der Waals surface area contributed by atoms with Crippen molar-refractivity contribution in [1.29, 1.82) is 0 Å². The Morgan fingerprint density at radius 1 is 0.868 bits per heavy atom. The summed E-state index contributed by atoms with van der Waals surface area (Å²) < 4.78 is 16.5. The average Bonchev–Trinajstić information content (AvgIpc) is 2.93. The number of hydrogen-bond acceptors (Lipinski definition) is 5. The van der Waals surface area contributed by atoms with Crippen molar-refractivity contribution < 1.29 is 23.8 Å². The fraction of sp³-hybridized carbons (Fsp3) is 0.355. The predicted octanol–water partition coefficient (Wildman–Crippen LogP) is 4.80. The number of carbonyl (C=O) groups is 2. The van der Waals surface area contributed by atoms with E-state index in [4.69, 9.17) is 14.2 Å². The van der Waals surface area contributed by atoms with Crippen LogP contribution in [0.2, 0.25) is 0 Å². The molecule has 3 aromatic rings. The highest BCUT2D eigenvalue weighted by Crippen LogP contribution is 2.27. The summed E-state index contributed by atoms with van der Waals surface area (Å²) in [5, 5.41) is 3.04. The third kappa shape index (κ3) is 8.26. The molecule has 38 heavy (non-hydrogen) atoms. The van der Waals surface area contributed by atoms with Crippen LogP contribution in [0, 0.1) is 12.8 Å². The molecule has 0 fully saturated rings. The van der Waals surface area contributed by atoms with Crippen molar-refractivity contribution in [2.24, 2.45) is 5.92 Å². The van der Waals surface area contributed by atoms with E-state index in [1.54, 1.807) is 37.3 Å². The summed E-state index contributed by atoms with van der Waals surface area (Å²) >= 11 is 0. The molecular formula is C31H38N2O5. The van der Waals surface area contributed by atoms with Gasteiger partial charge >= 0.3 is 0 Å². The molecule has 0 heterocycles. The minimum absolute atomic E-state index is 0.187. The molecule has 0 aromatic heterocycles. The van der Waals surface area contributed by atoms with Gasteiger partial charge in [-0.15, -0.1) is 0 Å². The molecule has 7 heteroatoms. The molecule has 0 aliphatic carbocycles. The fourth-order valence-corrected chi connectivity index (χ4v) is 4.04. The SMILES string of the molecule is COc1cc(OC)cc(OCC(=O)N(Cc2ccccc2C)[C@@H](Cc2ccccc2)C(=O)NCC(C)C)c1. The van der Waals surface area contributed by atoms with Crippen LogP contribution in [0.15, 0.2) is 72.8 Å². The molecule has 7 nitrogen and oxygen atoms in total. The van der Waals surface area contributed by atoms with Gasteiger partial charge in [0.2, 0.25) is 5.91 Å². The van der Waals surface area contributed by atoms with E-state index in [9.17, 15) is 9.59 Å². The Bertz CT molecular complexity index is 1170. The van der Waals surface area contributed by atoms with E-state index in [0.29, 0.717) is 30.2 Å². The normalized spacial score (nSPS) is 11.5. The summed E-state index contributed by atoms with van der Waals surface area (Å²) in [5.74, 6) is 1.35. The number of amides is 2. The Labute approximate surface area is 225 Å². The summed E-state index contributed by atoms with van der Waals surface area (Å²) in [6.07, 6.45) is 0.384. The number of rotatable bonds is 13. The Balaban J connectivity index is 1.92. The number of hydrogen-bond donors (Lipinski definition) is 1. The fourth-order valence-electron chi connectivity index (χ4n) is 4.04. The second-order valence-corrected chi connectivity index (χ2v) is 9.63. The zero-order chi connectivity index (χ0) is 27.5. The first-order valence-electron chi connectivity index (χ1n) is 12.8. The van der Waals surface area contributed by atoms with Crippen LogP contribution in [0.1, 0.15) is 30.5 Å². The highest BCUT2D eigenvalue weighted by Gasteiger charge is 2.31. The average molecular weight is 519 g/mol. The van der Waals surface area contributed by atoms with Crippen LogP contribution < -0.4 is 19.5 Å². The van der Waals surface area contributed by atoms with Crippen molar-refractivity contribution in [2.75, 3.05) is 27.4 Å². The topological polar surface area (TPSA) is 77.1 Å². The van der Waals surface area contributed by atoms with E-state index >= 15 is 0 Å². The van der Waals surface area contributed by atoms with Crippen LogP contribution in [0.3, 0.4) is 0 Å². The van der Waals surface area contributed by atoms with Crippen molar-refractivity contribution in [2.45, 2.75) is 39.8 Å². The molecule has 0 aliphatic heterocycles. The lowest BCUT2D eigenvalue weighted by Gasteiger charge is -2.32. The van der Waals surface area contributed by atoms with Gasteiger partial charge in [-0.2, -0.15) is 0 Å². The first kappa shape index (κ1) is 28.6. The minimum atomic E-state index is -0.716. The predicted molar refractivity (Wildman–Crippen MR) is 149 cm³/mol. The zero-order valence-corrected chi connectivity index (χ0v) is 22.9. The van der Waals surface area contributed by atoms with Crippen LogP contribution >= 0.6 is 0 Å². The highest BCUT2D eigenvalue weighted by molar-refractivity contribution is 5.88. The third-order valence-electron chi connectivity index (χ3n) is 6.24. The molecule has 2 amide bonds. The van der Waals surface area contributed by atoms with Crippen LogP contribution in [0.4, 0.5) is 0 Å². The van der Waals surface area contributed by atoms with Gasteiger partial charge < -0.3 is 24.4 Å². The van der Waals surface area contributed by atoms with E-state index < -0.39 is 6.04 Å². The molecule has 0 saturated carbocycles. The zero-order valence-electron chi connectivity index (χ0n) is 22.9. The Hall–Kier alpha value is -4.00. The van der Waals surface area contributed by atoms with Gasteiger partial charge in [-0.05, 0) is 29.5 Å². The quantitative estimate of drug-likeness (QED) is 0.352. The van der Waals surface area contributed by atoms with Gasteiger partial charge in [0, 0.05) is 37.7 Å². The number of aryl methyl sites for hydroxylation is 1. The standard InChI is InChI=1S/C31H38N2O5/c1-22(2)19-32-31(35)29(15-24-12-7-6-8-13-24)33(20-25-14-10-9-11-23(25)3)30(34)21-38-28-17-26(36-4)16-27(18-28)37-5/h6-14,16-18,22,29H,15,19-21H2,1-5H3,(H,32,35)/t29-/m0/s1. The molecule has 0 radical (unpaired) electrons. The number of carbonyl (C=O) groups excluding carboxylic acids is 2. The van der Waals surface area contributed by atoms with E-state index in [1.807, 2.05) is 75.4 Å². The minimum Gasteiger partial charge on any atom is -0.496 e. The molecule has 1 N–H and O–H groups in total. The van der Waals surface area contributed by atoms with Gasteiger partial charge in [-0.1, -0.05) is 68.4 Å². The first-order chi connectivity index (χ1) is 18.3. The summed E-state index contributed by atoms with van der Waals surface area (Å²) in [6, 6.07) is 22.0. The van der Waals surface area contributed by atoms with Crippen LogP contribution in [0.25, 0.3) is 0 Å². The number of benzene rings is 3. The van der Waals surface area contributed by atoms with Gasteiger partial charge in [-0.3, -0.25) is 9.59 Å². The van der Waals surface area contributed by atoms with Gasteiger partial charge in [0.1, 0.15) is 23.3 Å². The van der Waals surface area contributed by atoms with Gasteiger partial charge in [-0.25, -0.2) is 0 Å². The lowest BCUT2D eigenvalue weighted by molar-refractivity contribution is -0.142. The molecule has 202 valence electrons. The second-order valence-electron chi connectivity index (χ2n) is 9.63. The Kier molecular flexibility index (Phi) is 10.6. The van der Waals surface area contributed by atoms with Crippen molar-refractivity contribution in [3.8, 4) is 17.2 Å². The molecule has 0 bridgehead atoms. The maximum atomic E-state index is 13.8. The molecule has 0 saturated heterocycles. The Morgan fingerprint density at radius 3 is 2.08 bits per heavy atom. The summed E-state index contributed by atoms with van der Waals surface area (Å²) in [4.78, 5) is 28.9. The van der Waals surface area contributed by atoms with Gasteiger partial charge in [0.15, 0.2) is 6.61 Å². The highest BCUT2D eigenvalue weighted by atomic mass is 16.5. The lowest BCUT2D eigenvalue weighted by atomic mass is 10.0. The maximum absolute atomic E-state index is 13.8. The molecule has 1 atom stereocenters. The molecule has 0 unspecified atom stereocenters. The molecule has 0 spiro atoms. The molecular weight excluding hydrogens is 480 g/mol. The number of methoxy groups -OCH3 is 2. The van der Waals surface area contributed by atoms with Crippen molar-refractivity contribution in [1.82, 2.24) is 10.2 Å². The summed E-state index contributed by atoms with van der Waals surface area (Å²) in [5.41, 5.74) is 2.99. The van der Waals surface area contributed by atoms with Gasteiger partial charge in [0.25, 0.3) is 5.91 Å². The van der Waals surface area contributed by atoms with Gasteiger partial charge in [0.05, 0.1) is 14.2 Å². The van der Waals surface area contributed by atoms with Crippen molar-refractivity contribution >= 4 is 11.8 Å². The first-order valence-corrected chi connectivity index (χ1v) is 12.8. The monoisotopic (exact) mass is 518 g/mol. The molecule has 0 aliphatic rings. The van der Waals surface area contributed by atoms with E-state index in [0.717, 1.165) is 16.7 Å². The number of nitrogens with one attached hydrogen (secondary N) is 1. The van der Waals surface area contributed by atoms with Crippen LogP contribution in [-0.4, -0.2) is 50.1 Å². The van der Waals surface area contributed by atoms with Crippen molar-refractivity contribution in [3.63, 3.8) is 0 Å². The van der Waals surface area contributed by atoms with Crippen LogP contribution in [-0.2, 0) is 22.6 Å². The molecule has 3 rings (SSSR count). The van der Waals surface area contributed by atoms with E-state index in [-0.39, 0.29) is 30.9 Å². The lowest BCUT2D eigenvalue weighted by Crippen LogP contribution is -2.52.